The SMILES string of the molecule is COc1ccc([C@@]23C(=O)N(Nc4ccc(Cl)cc4Cl)C(=O)[C@@H]2C[C@@H]2C(=CC[C@@H]4C(=O)N(Cc5cccs5)C(=O)[C@@H]42)[C@@H]3c2ccc(O)c(C)c2)cc1. The Hall–Kier alpha value is -4.64. The Kier molecular flexibility index (Phi) is 8.24. The zero-order chi connectivity index (χ0) is 35.8. The van der Waals surface area contributed by atoms with Crippen LogP contribution in [-0.4, -0.2) is 45.8 Å². The van der Waals surface area contributed by atoms with Crippen LogP contribution in [0.3, 0.4) is 0 Å². The van der Waals surface area contributed by atoms with E-state index in [-0.39, 0.29) is 35.6 Å². The number of anilines is 1. The summed E-state index contributed by atoms with van der Waals surface area (Å²) in [6.45, 7) is 1.97. The minimum absolute atomic E-state index is 0.0918. The number of amides is 4. The van der Waals surface area contributed by atoms with Crippen LogP contribution in [-0.2, 0) is 31.1 Å². The van der Waals surface area contributed by atoms with Crippen molar-refractivity contribution >= 4 is 63.9 Å². The van der Waals surface area contributed by atoms with Crippen molar-refractivity contribution in [2.75, 3.05) is 12.5 Å². The number of allylic oxidation sites excluding steroid dienone is 2. The van der Waals surface area contributed by atoms with Crippen LogP contribution in [0.25, 0.3) is 0 Å². The van der Waals surface area contributed by atoms with Crippen molar-refractivity contribution in [3.63, 3.8) is 0 Å². The van der Waals surface area contributed by atoms with Gasteiger partial charge in [0.2, 0.25) is 11.8 Å². The molecule has 3 fully saturated rings. The minimum atomic E-state index is -1.48. The molecule has 2 N–H and O–H groups in total. The highest BCUT2D eigenvalue weighted by molar-refractivity contribution is 7.09. The molecule has 2 saturated heterocycles. The van der Waals surface area contributed by atoms with E-state index in [9.17, 15) is 19.5 Å². The summed E-state index contributed by atoms with van der Waals surface area (Å²) in [6.07, 6.45) is 2.50. The molecule has 4 aromatic rings. The fourth-order valence-electron chi connectivity index (χ4n) is 8.86. The molecule has 3 heterocycles. The fourth-order valence-corrected chi connectivity index (χ4v) is 10.00. The first-order valence-electron chi connectivity index (χ1n) is 16.7. The first-order chi connectivity index (χ1) is 24.5. The van der Waals surface area contributed by atoms with Crippen LogP contribution in [0.1, 0.15) is 40.3 Å². The smallest absolute Gasteiger partial charge is 0.260 e. The van der Waals surface area contributed by atoms with Crippen LogP contribution < -0.4 is 10.2 Å². The molecule has 0 unspecified atom stereocenters. The Morgan fingerprint density at radius 1 is 0.961 bits per heavy atom. The molecule has 260 valence electrons. The number of ether oxygens (including phenoxy) is 1. The summed E-state index contributed by atoms with van der Waals surface area (Å²) in [5, 5.41) is 14.2. The highest BCUT2D eigenvalue weighted by Gasteiger charge is 2.70. The minimum Gasteiger partial charge on any atom is -0.508 e. The van der Waals surface area contributed by atoms with E-state index in [1.54, 1.807) is 50.4 Å². The van der Waals surface area contributed by atoms with Gasteiger partial charge in [-0.15, -0.1) is 11.3 Å². The average molecular weight is 743 g/mol. The summed E-state index contributed by atoms with van der Waals surface area (Å²) in [5.41, 5.74) is 4.59. The Morgan fingerprint density at radius 3 is 2.43 bits per heavy atom. The normalized spacial score (nSPS) is 26.9. The lowest BCUT2D eigenvalue weighted by atomic mass is 9.49. The van der Waals surface area contributed by atoms with Crippen LogP contribution in [0, 0.1) is 30.6 Å². The number of phenols is 1. The van der Waals surface area contributed by atoms with Crippen LogP contribution in [0.5, 0.6) is 11.5 Å². The summed E-state index contributed by atoms with van der Waals surface area (Å²) in [6, 6.07) is 20.9. The predicted octanol–water partition coefficient (Wildman–Crippen LogP) is 7.26. The Morgan fingerprint density at radius 2 is 1.75 bits per heavy atom. The van der Waals surface area contributed by atoms with Crippen molar-refractivity contribution in [3.05, 3.63) is 121 Å². The summed E-state index contributed by atoms with van der Waals surface area (Å²) >= 11 is 14.2. The third-order valence-corrected chi connectivity index (χ3v) is 12.5. The first kappa shape index (κ1) is 33.5. The number of halogens is 2. The molecule has 2 aliphatic carbocycles. The molecular formula is C39H33Cl2N3O6S. The van der Waals surface area contributed by atoms with Crippen LogP contribution >= 0.6 is 34.5 Å². The van der Waals surface area contributed by atoms with Gasteiger partial charge in [-0.25, -0.2) is 0 Å². The number of nitrogens with one attached hydrogen (secondary N) is 1. The molecule has 1 saturated carbocycles. The number of aromatic hydroxyl groups is 1. The number of fused-ring (bicyclic) bond motifs is 4. The van der Waals surface area contributed by atoms with Gasteiger partial charge in [0.1, 0.15) is 11.5 Å². The molecule has 1 aromatic heterocycles. The number of imide groups is 2. The van der Waals surface area contributed by atoms with Crippen molar-refractivity contribution in [3.8, 4) is 11.5 Å². The molecule has 2 aliphatic heterocycles. The van der Waals surface area contributed by atoms with Crippen LogP contribution in [0.2, 0.25) is 10.0 Å². The van der Waals surface area contributed by atoms with Gasteiger partial charge in [0.15, 0.2) is 0 Å². The van der Waals surface area contributed by atoms with Crippen LogP contribution in [0.4, 0.5) is 5.69 Å². The lowest BCUT2D eigenvalue weighted by Gasteiger charge is -2.50. The molecule has 0 radical (unpaired) electrons. The molecule has 4 amide bonds. The molecular weight excluding hydrogens is 709 g/mol. The van der Waals surface area contributed by atoms with Gasteiger partial charge in [0, 0.05) is 15.8 Å². The number of benzene rings is 3. The topological polar surface area (TPSA) is 116 Å². The lowest BCUT2D eigenvalue weighted by molar-refractivity contribution is -0.141. The van der Waals surface area contributed by atoms with E-state index < -0.39 is 46.8 Å². The standard InChI is InChI=1S/C39H33Cl2N3O6S/c1-20-16-21(5-14-32(20)45)34-26-11-12-27-33(37(48)43(35(27)46)19-25-4-3-15-51-25)28(26)18-29-36(47)44(42-31-13-8-23(40)17-30(31)41)38(49)39(29,34)22-6-9-24(50-2)10-7-22/h3-11,13-17,27-29,33-34,42,45H,12,18-19H2,1-2H3/t27-,28+,29-,33-,34-,39+/m0/s1. The Labute approximate surface area is 308 Å². The maximum absolute atomic E-state index is 15.3. The second-order valence-corrected chi connectivity index (χ2v) is 15.5. The molecule has 12 heteroatoms. The summed E-state index contributed by atoms with van der Waals surface area (Å²) in [4.78, 5) is 60.6. The maximum Gasteiger partial charge on any atom is 0.260 e. The third-order valence-electron chi connectivity index (χ3n) is 11.1. The largest absolute Gasteiger partial charge is 0.508 e. The van der Waals surface area contributed by atoms with E-state index in [4.69, 9.17) is 27.9 Å². The van der Waals surface area contributed by atoms with E-state index >= 15 is 4.79 Å². The predicted molar refractivity (Wildman–Crippen MR) is 193 cm³/mol. The van der Waals surface area contributed by atoms with E-state index in [1.165, 1.54) is 22.3 Å². The van der Waals surface area contributed by atoms with Crippen molar-refractivity contribution in [1.82, 2.24) is 9.91 Å². The number of aryl methyl sites for hydroxylation is 1. The highest BCUT2D eigenvalue weighted by atomic mass is 35.5. The number of hydrogen-bond acceptors (Lipinski definition) is 8. The van der Waals surface area contributed by atoms with Crippen molar-refractivity contribution < 1.29 is 29.0 Å². The number of carbonyl (C=O) groups excluding carboxylic acids is 4. The number of rotatable bonds is 7. The first-order valence-corrected chi connectivity index (χ1v) is 18.3. The second-order valence-electron chi connectivity index (χ2n) is 13.6. The van der Waals surface area contributed by atoms with E-state index in [1.807, 2.05) is 41.8 Å². The van der Waals surface area contributed by atoms with E-state index in [2.05, 4.69) is 5.43 Å². The molecule has 3 aromatic carbocycles. The van der Waals surface area contributed by atoms with E-state index in [0.29, 0.717) is 39.6 Å². The van der Waals surface area contributed by atoms with Gasteiger partial charge in [-0.2, -0.15) is 5.01 Å². The zero-order valence-corrected chi connectivity index (χ0v) is 30.0. The fraction of sp³-hybridized carbons (Fsp3) is 0.282. The number of hydrazine groups is 1. The van der Waals surface area contributed by atoms with Gasteiger partial charge in [-0.05, 0) is 90.2 Å². The van der Waals surface area contributed by atoms with Gasteiger partial charge in [-0.3, -0.25) is 29.5 Å². The molecule has 51 heavy (non-hydrogen) atoms. The lowest BCUT2D eigenvalue weighted by Crippen LogP contribution is -2.53. The number of phenolic OH excluding ortho intramolecular Hbond substituents is 1. The molecule has 0 spiro atoms. The summed E-state index contributed by atoms with van der Waals surface area (Å²) in [5.74, 6) is -4.20. The molecule has 0 bridgehead atoms. The number of likely N-dealkylation sites (tertiary alicyclic amines) is 1. The molecule has 4 aliphatic rings. The Balaban J connectivity index is 1.32. The van der Waals surface area contributed by atoms with Gasteiger partial charge >= 0.3 is 0 Å². The third kappa shape index (κ3) is 5.10. The van der Waals surface area contributed by atoms with Gasteiger partial charge in [0.25, 0.3) is 11.8 Å². The van der Waals surface area contributed by atoms with Crippen LogP contribution in [0.15, 0.2) is 89.8 Å². The number of thiophene rings is 1. The van der Waals surface area contributed by atoms with Crippen molar-refractivity contribution in [1.29, 1.82) is 0 Å². The van der Waals surface area contributed by atoms with Gasteiger partial charge < -0.3 is 9.84 Å². The number of nitrogens with zero attached hydrogens (tertiary/aromatic N) is 2. The molecule has 8 rings (SSSR count). The maximum atomic E-state index is 15.3. The molecule has 9 nitrogen and oxygen atoms in total. The monoisotopic (exact) mass is 741 g/mol. The zero-order valence-electron chi connectivity index (χ0n) is 27.6. The van der Waals surface area contributed by atoms with Gasteiger partial charge in [-0.1, -0.05) is 65.2 Å². The quantitative estimate of drug-likeness (QED) is 0.151. The van der Waals surface area contributed by atoms with Crippen molar-refractivity contribution in [2.24, 2.45) is 23.7 Å². The summed E-state index contributed by atoms with van der Waals surface area (Å²) < 4.78 is 5.47. The molecule has 6 atom stereocenters. The van der Waals surface area contributed by atoms with E-state index in [0.717, 1.165) is 15.5 Å². The van der Waals surface area contributed by atoms with Gasteiger partial charge in [0.05, 0.1) is 47.5 Å². The number of methoxy groups -OCH3 is 1. The van der Waals surface area contributed by atoms with Crippen molar-refractivity contribution in [2.45, 2.75) is 37.6 Å². The highest BCUT2D eigenvalue weighted by Crippen LogP contribution is 2.64. The number of carbonyl (C=O) groups is 4. The Bertz CT molecular complexity index is 2140. The number of hydrogen-bond donors (Lipinski definition) is 2. The average Bonchev–Trinajstić information content (AvgIpc) is 3.79. The second kappa shape index (κ2) is 12.5. The summed E-state index contributed by atoms with van der Waals surface area (Å²) in [7, 11) is 1.56.